The van der Waals surface area contributed by atoms with Crippen LogP contribution in [0.5, 0.6) is 0 Å². The van der Waals surface area contributed by atoms with Crippen LogP contribution in [0.25, 0.3) is 0 Å². The fourth-order valence-corrected chi connectivity index (χ4v) is 2.35. The van der Waals surface area contributed by atoms with Gasteiger partial charge in [0.05, 0.1) is 13.2 Å². The SMILES string of the molecule is CCC[C@@]1(C)C[C@@H](C(=O)OC)NC1C#N. The molecule has 1 fully saturated rings. The smallest absolute Gasteiger partial charge is 0.322 e. The molecule has 1 heterocycles. The fourth-order valence-electron chi connectivity index (χ4n) is 2.35. The first-order valence-corrected chi connectivity index (χ1v) is 5.31. The van der Waals surface area contributed by atoms with Crippen molar-refractivity contribution in [2.75, 3.05) is 7.11 Å². The van der Waals surface area contributed by atoms with Gasteiger partial charge in [-0.1, -0.05) is 20.3 Å². The number of esters is 1. The molecular formula is C11H18N2O2. The van der Waals surface area contributed by atoms with Gasteiger partial charge in [0, 0.05) is 0 Å². The van der Waals surface area contributed by atoms with E-state index in [0.717, 1.165) is 12.8 Å². The number of nitriles is 1. The largest absolute Gasteiger partial charge is 0.468 e. The van der Waals surface area contributed by atoms with Gasteiger partial charge in [-0.3, -0.25) is 10.1 Å². The lowest BCUT2D eigenvalue weighted by atomic mass is 9.78. The average Bonchev–Trinajstić information content (AvgIpc) is 2.55. The van der Waals surface area contributed by atoms with Crippen molar-refractivity contribution in [3.8, 4) is 6.07 Å². The van der Waals surface area contributed by atoms with E-state index in [9.17, 15) is 4.79 Å². The number of rotatable bonds is 3. The minimum atomic E-state index is -0.323. The van der Waals surface area contributed by atoms with Crippen molar-refractivity contribution in [1.29, 1.82) is 5.26 Å². The third-order valence-corrected chi connectivity index (χ3v) is 3.17. The van der Waals surface area contributed by atoms with Crippen LogP contribution in [0.15, 0.2) is 0 Å². The van der Waals surface area contributed by atoms with E-state index in [4.69, 9.17) is 5.26 Å². The van der Waals surface area contributed by atoms with Crippen LogP contribution >= 0.6 is 0 Å². The highest BCUT2D eigenvalue weighted by molar-refractivity contribution is 5.76. The highest BCUT2D eigenvalue weighted by Crippen LogP contribution is 2.38. The molecule has 4 heteroatoms. The van der Waals surface area contributed by atoms with E-state index >= 15 is 0 Å². The molecule has 1 N–H and O–H groups in total. The Hall–Kier alpha value is -1.08. The molecule has 1 aliphatic heterocycles. The lowest BCUT2D eigenvalue weighted by molar-refractivity contribution is -0.142. The van der Waals surface area contributed by atoms with E-state index in [1.54, 1.807) is 0 Å². The second kappa shape index (κ2) is 4.63. The summed E-state index contributed by atoms with van der Waals surface area (Å²) in [7, 11) is 1.38. The molecule has 0 aromatic heterocycles. The fraction of sp³-hybridized carbons (Fsp3) is 0.818. The Morgan fingerprint density at radius 2 is 2.40 bits per heavy atom. The van der Waals surface area contributed by atoms with E-state index in [1.165, 1.54) is 7.11 Å². The maximum atomic E-state index is 11.4. The van der Waals surface area contributed by atoms with E-state index in [1.807, 2.05) is 0 Å². The van der Waals surface area contributed by atoms with Crippen LogP contribution in [0.2, 0.25) is 0 Å². The Morgan fingerprint density at radius 3 is 2.87 bits per heavy atom. The molecule has 0 spiro atoms. The van der Waals surface area contributed by atoms with E-state index in [-0.39, 0.29) is 23.5 Å². The van der Waals surface area contributed by atoms with Crippen LogP contribution < -0.4 is 5.32 Å². The molecule has 1 saturated heterocycles. The summed E-state index contributed by atoms with van der Waals surface area (Å²) in [5.74, 6) is -0.268. The third-order valence-electron chi connectivity index (χ3n) is 3.17. The van der Waals surface area contributed by atoms with Gasteiger partial charge >= 0.3 is 5.97 Å². The summed E-state index contributed by atoms with van der Waals surface area (Å²) in [5.41, 5.74) is -0.109. The first-order valence-electron chi connectivity index (χ1n) is 5.31. The summed E-state index contributed by atoms with van der Waals surface area (Å²) in [6.45, 7) is 4.14. The molecule has 15 heavy (non-hydrogen) atoms. The highest BCUT2D eigenvalue weighted by atomic mass is 16.5. The van der Waals surface area contributed by atoms with E-state index in [0.29, 0.717) is 6.42 Å². The first kappa shape index (κ1) is 12.0. The number of hydrogen-bond donors (Lipinski definition) is 1. The Morgan fingerprint density at radius 1 is 1.73 bits per heavy atom. The second-order valence-electron chi connectivity index (χ2n) is 4.41. The zero-order valence-corrected chi connectivity index (χ0v) is 9.54. The Bertz CT molecular complexity index is 285. The number of methoxy groups -OCH3 is 1. The molecule has 0 aromatic rings. The second-order valence-corrected chi connectivity index (χ2v) is 4.41. The summed E-state index contributed by atoms with van der Waals surface area (Å²) in [6, 6.07) is 1.66. The van der Waals surface area contributed by atoms with Gasteiger partial charge < -0.3 is 4.74 Å². The molecule has 0 aromatic carbocycles. The standard InChI is InChI=1S/C11H18N2O2/c1-4-5-11(2)6-8(10(14)15-3)13-9(11)7-12/h8-9,13H,4-6H2,1-3H3/t8-,9?,11-/m0/s1. The summed E-state index contributed by atoms with van der Waals surface area (Å²) in [4.78, 5) is 11.4. The number of hydrogen-bond acceptors (Lipinski definition) is 4. The minimum Gasteiger partial charge on any atom is -0.468 e. The van der Waals surface area contributed by atoms with Gasteiger partial charge in [0.15, 0.2) is 0 Å². The number of nitrogens with zero attached hydrogens (tertiary/aromatic N) is 1. The topological polar surface area (TPSA) is 62.1 Å². The molecule has 0 bridgehead atoms. The quantitative estimate of drug-likeness (QED) is 0.711. The average molecular weight is 210 g/mol. The molecule has 3 atom stereocenters. The van der Waals surface area contributed by atoms with Crippen molar-refractivity contribution in [2.24, 2.45) is 5.41 Å². The van der Waals surface area contributed by atoms with Crippen LogP contribution in [0.1, 0.15) is 33.1 Å². The molecule has 0 aliphatic carbocycles. The van der Waals surface area contributed by atoms with Crippen molar-refractivity contribution >= 4 is 5.97 Å². The van der Waals surface area contributed by atoms with Gasteiger partial charge in [0.2, 0.25) is 0 Å². The van der Waals surface area contributed by atoms with Crippen molar-refractivity contribution < 1.29 is 9.53 Å². The molecule has 84 valence electrons. The zero-order chi connectivity index (χ0) is 11.5. The van der Waals surface area contributed by atoms with Crippen molar-refractivity contribution in [2.45, 2.75) is 45.2 Å². The summed E-state index contributed by atoms with van der Waals surface area (Å²) < 4.78 is 4.69. The Labute approximate surface area is 90.6 Å². The molecule has 4 nitrogen and oxygen atoms in total. The number of carbonyl (C=O) groups is 1. The lowest BCUT2D eigenvalue weighted by Gasteiger charge is -2.25. The molecule has 1 rings (SSSR count). The zero-order valence-electron chi connectivity index (χ0n) is 9.54. The van der Waals surface area contributed by atoms with Gasteiger partial charge in [0.25, 0.3) is 0 Å². The maximum absolute atomic E-state index is 11.4. The van der Waals surface area contributed by atoms with Crippen LogP contribution in [-0.4, -0.2) is 25.2 Å². The predicted octanol–water partition coefficient (Wildman–Crippen LogP) is 1.22. The third kappa shape index (κ3) is 2.29. The van der Waals surface area contributed by atoms with E-state index in [2.05, 4.69) is 30.0 Å². The normalized spacial score (nSPS) is 34.8. The van der Waals surface area contributed by atoms with Gasteiger partial charge in [0.1, 0.15) is 12.1 Å². The lowest BCUT2D eigenvalue weighted by Crippen LogP contribution is -2.37. The van der Waals surface area contributed by atoms with Gasteiger partial charge in [-0.25, -0.2) is 0 Å². The molecule has 0 radical (unpaired) electrons. The van der Waals surface area contributed by atoms with Crippen LogP contribution in [0.3, 0.4) is 0 Å². The molecule has 0 amide bonds. The predicted molar refractivity (Wildman–Crippen MR) is 56.0 cm³/mol. The van der Waals surface area contributed by atoms with Crippen molar-refractivity contribution in [3.63, 3.8) is 0 Å². The van der Waals surface area contributed by atoms with Gasteiger partial charge in [-0.15, -0.1) is 0 Å². The van der Waals surface area contributed by atoms with Crippen LogP contribution in [-0.2, 0) is 9.53 Å². The monoisotopic (exact) mass is 210 g/mol. The van der Waals surface area contributed by atoms with Gasteiger partial charge in [-0.05, 0) is 18.3 Å². The number of ether oxygens (including phenoxy) is 1. The summed E-state index contributed by atoms with van der Waals surface area (Å²) in [5, 5.41) is 12.1. The number of nitrogens with one attached hydrogen (secondary N) is 1. The number of carbonyl (C=O) groups excluding carboxylic acids is 1. The minimum absolute atomic E-state index is 0.109. The summed E-state index contributed by atoms with van der Waals surface area (Å²) >= 11 is 0. The van der Waals surface area contributed by atoms with Crippen molar-refractivity contribution in [1.82, 2.24) is 5.32 Å². The van der Waals surface area contributed by atoms with Crippen molar-refractivity contribution in [3.05, 3.63) is 0 Å². The molecular weight excluding hydrogens is 192 g/mol. The Kier molecular flexibility index (Phi) is 3.70. The first-order chi connectivity index (χ1) is 7.07. The summed E-state index contributed by atoms with van der Waals surface area (Å²) in [6.07, 6.45) is 2.65. The molecule has 1 unspecified atom stereocenters. The molecule has 0 saturated carbocycles. The highest BCUT2D eigenvalue weighted by Gasteiger charge is 2.45. The Balaban J connectivity index is 2.75. The van der Waals surface area contributed by atoms with E-state index < -0.39 is 0 Å². The molecule has 1 aliphatic rings. The van der Waals surface area contributed by atoms with Crippen LogP contribution in [0, 0.1) is 16.7 Å². The van der Waals surface area contributed by atoms with Gasteiger partial charge in [-0.2, -0.15) is 5.26 Å². The van der Waals surface area contributed by atoms with Crippen LogP contribution in [0.4, 0.5) is 0 Å². The maximum Gasteiger partial charge on any atom is 0.322 e.